The number of nitrogens with one attached hydrogen (secondary N) is 1. The van der Waals surface area contributed by atoms with Crippen LogP contribution in [0.4, 0.5) is 13.2 Å². The number of hydrogen-bond acceptors (Lipinski definition) is 2. The lowest BCUT2D eigenvalue weighted by molar-refractivity contribution is -0.176. The second-order valence-electron chi connectivity index (χ2n) is 4.63. The molecule has 0 bridgehead atoms. The molecule has 0 atom stereocenters. The molecule has 1 aliphatic carbocycles. The number of carbonyl (C=O) groups is 1. The van der Waals surface area contributed by atoms with E-state index in [2.05, 4.69) is 10.1 Å². The number of halogens is 4. The molecule has 7 heteroatoms. The Morgan fingerprint density at radius 3 is 2.39 bits per heavy atom. The molecule has 0 radical (unpaired) electrons. The third kappa shape index (κ3) is 5.44. The highest BCUT2D eigenvalue weighted by Gasteiger charge is 2.33. The van der Waals surface area contributed by atoms with Gasteiger partial charge in [-0.3, -0.25) is 4.79 Å². The lowest BCUT2D eigenvalue weighted by Crippen LogP contribution is -2.52. The maximum Gasteiger partial charge on any atom is 0.411 e. The zero-order valence-corrected chi connectivity index (χ0v) is 10.7. The molecule has 0 heterocycles. The molecule has 1 rings (SSSR count). The fraction of sp³-hybridized carbons (Fsp3) is 0.909. The first-order valence-electron chi connectivity index (χ1n) is 5.88. The molecule has 3 nitrogen and oxygen atoms in total. The van der Waals surface area contributed by atoms with E-state index in [9.17, 15) is 18.0 Å². The molecule has 1 amide bonds. The van der Waals surface area contributed by atoms with Gasteiger partial charge in [0, 0.05) is 5.88 Å². The van der Waals surface area contributed by atoms with E-state index in [0.29, 0.717) is 0 Å². The maximum absolute atomic E-state index is 11.8. The van der Waals surface area contributed by atoms with Gasteiger partial charge in [-0.2, -0.15) is 13.2 Å². The van der Waals surface area contributed by atoms with Gasteiger partial charge >= 0.3 is 6.18 Å². The molecule has 18 heavy (non-hydrogen) atoms. The number of hydrogen-bond donors (Lipinski definition) is 1. The minimum atomic E-state index is -4.41. The molecule has 0 saturated heterocycles. The summed E-state index contributed by atoms with van der Waals surface area (Å²) in [6, 6.07) is 0. The number of carbonyl (C=O) groups excluding carboxylic acids is 1. The maximum atomic E-state index is 11.8. The summed E-state index contributed by atoms with van der Waals surface area (Å²) in [5.41, 5.74) is -0.474. The average Bonchev–Trinajstić information content (AvgIpc) is 2.28. The first-order chi connectivity index (χ1) is 8.37. The monoisotopic (exact) mass is 287 g/mol. The minimum absolute atomic E-state index is 0.276. The van der Waals surface area contributed by atoms with Crippen LogP contribution in [0.3, 0.4) is 0 Å². The van der Waals surface area contributed by atoms with E-state index in [1.54, 1.807) is 0 Å². The van der Waals surface area contributed by atoms with Crippen LogP contribution < -0.4 is 5.32 Å². The van der Waals surface area contributed by atoms with Crippen molar-refractivity contribution < 1.29 is 22.7 Å². The van der Waals surface area contributed by atoms with E-state index in [-0.39, 0.29) is 5.88 Å². The Labute approximate surface area is 109 Å². The van der Waals surface area contributed by atoms with Crippen LogP contribution in [0.15, 0.2) is 0 Å². The smallest absolute Gasteiger partial charge is 0.362 e. The van der Waals surface area contributed by atoms with E-state index in [4.69, 9.17) is 11.6 Å². The van der Waals surface area contributed by atoms with Crippen LogP contribution in [0.2, 0.25) is 0 Å². The third-order valence-corrected chi connectivity index (χ3v) is 3.48. The molecule has 1 saturated carbocycles. The Morgan fingerprint density at radius 1 is 1.28 bits per heavy atom. The van der Waals surface area contributed by atoms with Gasteiger partial charge in [-0.05, 0) is 12.8 Å². The third-order valence-electron chi connectivity index (χ3n) is 2.97. The van der Waals surface area contributed by atoms with Crippen LogP contribution in [0.1, 0.15) is 32.1 Å². The second kappa shape index (κ2) is 6.61. The van der Waals surface area contributed by atoms with E-state index < -0.39 is 30.8 Å². The van der Waals surface area contributed by atoms with Crippen LogP contribution in [0.5, 0.6) is 0 Å². The Kier molecular flexibility index (Phi) is 5.72. The van der Waals surface area contributed by atoms with E-state index in [0.717, 1.165) is 32.1 Å². The Morgan fingerprint density at radius 2 is 1.89 bits per heavy atom. The van der Waals surface area contributed by atoms with Crippen molar-refractivity contribution in [2.75, 3.05) is 19.1 Å². The largest absolute Gasteiger partial charge is 0.411 e. The summed E-state index contributed by atoms with van der Waals surface area (Å²) < 4.78 is 39.8. The van der Waals surface area contributed by atoms with Crippen molar-refractivity contribution in [1.82, 2.24) is 5.32 Å². The predicted molar refractivity (Wildman–Crippen MR) is 61.6 cm³/mol. The fourth-order valence-corrected chi connectivity index (χ4v) is 2.45. The highest BCUT2D eigenvalue weighted by atomic mass is 35.5. The van der Waals surface area contributed by atoms with E-state index >= 15 is 0 Å². The number of ether oxygens (including phenoxy) is 1. The number of amides is 1. The van der Waals surface area contributed by atoms with Gasteiger partial charge in [0.1, 0.15) is 13.2 Å². The van der Waals surface area contributed by atoms with Gasteiger partial charge in [0.2, 0.25) is 5.91 Å². The summed E-state index contributed by atoms with van der Waals surface area (Å²) in [6.07, 6.45) is 0.157. The Balaban J connectivity index is 2.33. The summed E-state index contributed by atoms with van der Waals surface area (Å²) in [7, 11) is 0. The normalized spacial score (nSPS) is 19.6. The minimum Gasteiger partial charge on any atom is -0.362 e. The number of alkyl halides is 4. The quantitative estimate of drug-likeness (QED) is 0.790. The van der Waals surface area contributed by atoms with Crippen molar-refractivity contribution in [3.63, 3.8) is 0 Å². The molecular weight excluding hydrogens is 271 g/mol. The van der Waals surface area contributed by atoms with Crippen LogP contribution in [0.25, 0.3) is 0 Å². The topological polar surface area (TPSA) is 38.3 Å². The van der Waals surface area contributed by atoms with Gasteiger partial charge < -0.3 is 10.1 Å². The van der Waals surface area contributed by atoms with Crippen molar-refractivity contribution in [2.24, 2.45) is 0 Å². The molecule has 0 unspecified atom stereocenters. The van der Waals surface area contributed by atoms with Gasteiger partial charge in [0.05, 0.1) is 5.54 Å². The van der Waals surface area contributed by atoms with Crippen molar-refractivity contribution in [2.45, 2.75) is 43.8 Å². The van der Waals surface area contributed by atoms with E-state index in [1.807, 2.05) is 0 Å². The standard InChI is InChI=1S/C11H17ClF3NO2/c12-7-10(4-2-1-3-5-10)16-9(17)6-18-8-11(13,14)15/h1-8H2,(H,16,17). The predicted octanol–water partition coefficient (Wildman–Crippen LogP) is 2.62. The first kappa shape index (κ1) is 15.6. The lowest BCUT2D eigenvalue weighted by atomic mass is 9.83. The highest BCUT2D eigenvalue weighted by Crippen LogP contribution is 2.29. The molecule has 1 fully saturated rings. The van der Waals surface area contributed by atoms with Gasteiger partial charge in [-0.1, -0.05) is 19.3 Å². The van der Waals surface area contributed by atoms with Crippen molar-refractivity contribution in [3.8, 4) is 0 Å². The van der Waals surface area contributed by atoms with Gasteiger partial charge in [0.25, 0.3) is 0 Å². The molecule has 1 aliphatic rings. The van der Waals surface area contributed by atoms with Crippen LogP contribution in [-0.4, -0.2) is 36.7 Å². The van der Waals surface area contributed by atoms with Crippen LogP contribution in [-0.2, 0) is 9.53 Å². The van der Waals surface area contributed by atoms with Gasteiger partial charge in [-0.15, -0.1) is 11.6 Å². The summed E-state index contributed by atoms with van der Waals surface area (Å²) in [6.45, 7) is -1.99. The lowest BCUT2D eigenvalue weighted by Gasteiger charge is -2.36. The van der Waals surface area contributed by atoms with Gasteiger partial charge in [-0.25, -0.2) is 0 Å². The van der Waals surface area contributed by atoms with Crippen LogP contribution in [0, 0.1) is 0 Å². The molecular formula is C11H17ClF3NO2. The second-order valence-corrected chi connectivity index (χ2v) is 4.90. The SMILES string of the molecule is O=C(COCC(F)(F)F)NC1(CCl)CCCCC1. The molecule has 1 N–H and O–H groups in total. The molecule has 106 valence electrons. The van der Waals surface area contributed by atoms with Crippen molar-refractivity contribution in [1.29, 1.82) is 0 Å². The van der Waals surface area contributed by atoms with Crippen molar-refractivity contribution >= 4 is 17.5 Å². The molecule has 0 aromatic carbocycles. The Bertz CT molecular complexity index is 278. The van der Waals surface area contributed by atoms with Crippen molar-refractivity contribution in [3.05, 3.63) is 0 Å². The first-order valence-corrected chi connectivity index (χ1v) is 6.42. The summed E-state index contributed by atoms with van der Waals surface area (Å²) in [5, 5.41) is 2.71. The fourth-order valence-electron chi connectivity index (χ4n) is 2.11. The molecule has 0 aromatic heterocycles. The van der Waals surface area contributed by atoms with Crippen LogP contribution >= 0.6 is 11.6 Å². The van der Waals surface area contributed by atoms with E-state index in [1.165, 1.54) is 0 Å². The summed E-state index contributed by atoms with van der Waals surface area (Å²) in [5.74, 6) is -0.264. The Hall–Kier alpha value is -0.490. The zero-order valence-electron chi connectivity index (χ0n) is 9.99. The summed E-state index contributed by atoms with van der Waals surface area (Å²) >= 11 is 5.85. The highest BCUT2D eigenvalue weighted by molar-refractivity contribution is 6.18. The van der Waals surface area contributed by atoms with Gasteiger partial charge in [0.15, 0.2) is 0 Å². The zero-order chi connectivity index (χ0) is 13.6. The molecule has 0 aliphatic heterocycles. The molecule has 0 spiro atoms. The molecule has 0 aromatic rings. The number of rotatable bonds is 5. The summed E-state index contributed by atoms with van der Waals surface area (Å²) in [4.78, 5) is 11.5. The average molecular weight is 288 g/mol.